The zero-order valence-electron chi connectivity index (χ0n) is 11.1. The third-order valence-electron chi connectivity index (χ3n) is 2.19. The summed E-state index contributed by atoms with van der Waals surface area (Å²) in [6, 6.07) is 7.90. The number of benzene rings is 1. The van der Waals surface area contributed by atoms with Crippen molar-refractivity contribution in [3.05, 3.63) is 23.8 Å². The molecule has 0 saturated carbocycles. The van der Waals surface area contributed by atoms with Crippen LogP contribution in [0, 0.1) is 11.3 Å². The van der Waals surface area contributed by atoms with Crippen molar-refractivity contribution in [2.45, 2.75) is 31.8 Å². The van der Waals surface area contributed by atoms with E-state index in [9.17, 15) is 5.26 Å². The topological polar surface area (TPSA) is 42.2 Å². The van der Waals surface area contributed by atoms with Crippen molar-refractivity contribution < 1.29 is 9.47 Å². The molecule has 0 radical (unpaired) electrons. The Labute approximate surface area is 113 Å². The van der Waals surface area contributed by atoms with Gasteiger partial charge in [-0.3, -0.25) is 0 Å². The number of nitriles is 1. The third kappa shape index (κ3) is 4.59. The van der Waals surface area contributed by atoms with Gasteiger partial charge in [-0.1, -0.05) is 13.0 Å². The van der Waals surface area contributed by atoms with Crippen LogP contribution in [-0.4, -0.2) is 25.1 Å². The molecule has 0 aliphatic rings. The summed E-state index contributed by atoms with van der Waals surface area (Å²) in [5, 5.41) is 9.20. The predicted octanol–water partition coefficient (Wildman–Crippen LogP) is 3.47. The minimum atomic E-state index is 0.200. The second-order valence-electron chi connectivity index (χ2n) is 3.94. The first kappa shape index (κ1) is 14.9. The molecule has 0 unspecified atom stereocenters. The van der Waals surface area contributed by atoms with Crippen molar-refractivity contribution in [2.24, 2.45) is 0 Å². The quantitative estimate of drug-likeness (QED) is 0.559. The number of ether oxygens (including phenoxy) is 2. The fraction of sp³-hybridized carbons (Fsp3) is 0.500. The van der Waals surface area contributed by atoms with E-state index in [4.69, 9.17) is 9.47 Å². The summed E-state index contributed by atoms with van der Waals surface area (Å²) >= 11 is 1.65. The average molecular weight is 265 g/mol. The molecule has 0 bridgehead atoms. The monoisotopic (exact) mass is 265 g/mol. The van der Waals surface area contributed by atoms with Gasteiger partial charge in [-0.2, -0.15) is 5.26 Å². The highest BCUT2D eigenvalue weighted by molar-refractivity contribution is 7.99. The summed E-state index contributed by atoms with van der Waals surface area (Å²) in [5.74, 6) is 1.58. The normalized spacial score (nSPS) is 10.4. The molecular formula is C14H19NO2S. The van der Waals surface area contributed by atoms with Gasteiger partial charge in [0.05, 0.1) is 12.7 Å². The van der Waals surface area contributed by atoms with Crippen molar-refractivity contribution in [3.63, 3.8) is 0 Å². The molecule has 98 valence electrons. The van der Waals surface area contributed by atoms with E-state index in [1.165, 1.54) is 0 Å². The highest BCUT2D eigenvalue weighted by atomic mass is 32.2. The van der Waals surface area contributed by atoms with E-state index >= 15 is 0 Å². The first-order valence-electron chi connectivity index (χ1n) is 6.09. The van der Waals surface area contributed by atoms with E-state index in [1.54, 1.807) is 11.8 Å². The van der Waals surface area contributed by atoms with E-state index in [0.29, 0.717) is 24.5 Å². The lowest BCUT2D eigenvalue weighted by atomic mass is 10.2. The second kappa shape index (κ2) is 8.02. The molecule has 0 saturated heterocycles. The van der Waals surface area contributed by atoms with Crippen molar-refractivity contribution >= 4 is 11.8 Å². The minimum absolute atomic E-state index is 0.200. The lowest BCUT2D eigenvalue weighted by Gasteiger charge is -2.11. The van der Waals surface area contributed by atoms with Gasteiger partial charge in [0, 0.05) is 4.90 Å². The zero-order chi connectivity index (χ0) is 13.4. The number of rotatable bonds is 7. The van der Waals surface area contributed by atoms with Crippen LogP contribution in [-0.2, 0) is 4.74 Å². The van der Waals surface area contributed by atoms with Gasteiger partial charge in [-0.25, -0.2) is 0 Å². The molecule has 0 amide bonds. The van der Waals surface area contributed by atoms with Crippen molar-refractivity contribution in [2.75, 3.05) is 19.0 Å². The summed E-state index contributed by atoms with van der Waals surface area (Å²) in [6.45, 7) is 7.04. The van der Waals surface area contributed by atoms with Gasteiger partial charge in [0.15, 0.2) is 0 Å². The van der Waals surface area contributed by atoms with Crippen LogP contribution in [0.2, 0.25) is 0 Å². The number of nitrogens with zero attached hydrogens (tertiary/aromatic N) is 1. The Morgan fingerprint density at radius 1 is 1.33 bits per heavy atom. The molecule has 4 heteroatoms. The van der Waals surface area contributed by atoms with E-state index in [2.05, 4.69) is 13.0 Å². The summed E-state index contributed by atoms with van der Waals surface area (Å²) in [4.78, 5) is 0.974. The average Bonchev–Trinajstić information content (AvgIpc) is 2.35. The van der Waals surface area contributed by atoms with Crippen LogP contribution in [0.15, 0.2) is 23.1 Å². The van der Waals surface area contributed by atoms with Crippen LogP contribution in [0.4, 0.5) is 0 Å². The highest BCUT2D eigenvalue weighted by Gasteiger charge is 2.09. The maximum Gasteiger partial charge on any atom is 0.138 e. The Morgan fingerprint density at radius 3 is 2.72 bits per heavy atom. The van der Waals surface area contributed by atoms with Crippen LogP contribution in [0.5, 0.6) is 5.75 Å². The lowest BCUT2D eigenvalue weighted by molar-refractivity contribution is 0.0551. The van der Waals surface area contributed by atoms with Crippen LogP contribution in [0.25, 0.3) is 0 Å². The molecule has 0 atom stereocenters. The van der Waals surface area contributed by atoms with E-state index < -0.39 is 0 Å². The van der Waals surface area contributed by atoms with E-state index in [0.717, 1.165) is 10.6 Å². The third-order valence-corrected chi connectivity index (χ3v) is 3.13. The van der Waals surface area contributed by atoms with Gasteiger partial charge < -0.3 is 9.47 Å². The fourth-order valence-corrected chi connectivity index (χ4v) is 2.23. The Morgan fingerprint density at radius 2 is 2.11 bits per heavy atom. The molecule has 0 heterocycles. The Kier molecular flexibility index (Phi) is 6.63. The van der Waals surface area contributed by atoms with Crippen LogP contribution < -0.4 is 4.74 Å². The standard InChI is InChI=1S/C14H19NO2S/c1-4-18-14-7-5-6-13(12(14)10-15)17-9-8-16-11(2)3/h5-7,11H,4,8-9H2,1-3H3. The molecule has 0 spiro atoms. The molecule has 0 aliphatic heterocycles. The van der Waals surface area contributed by atoms with Gasteiger partial charge in [-0.05, 0) is 31.7 Å². The molecule has 0 N–H and O–H groups in total. The number of thioether (sulfide) groups is 1. The zero-order valence-corrected chi connectivity index (χ0v) is 11.9. The van der Waals surface area contributed by atoms with Crippen LogP contribution in [0.3, 0.4) is 0 Å². The van der Waals surface area contributed by atoms with E-state index in [-0.39, 0.29) is 6.10 Å². The lowest BCUT2D eigenvalue weighted by Crippen LogP contribution is -2.11. The Hall–Kier alpha value is -1.18. The first-order chi connectivity index (χ1) is 8.69. The maximum atomic E-state index is 9.20. The molecule has 0 aliphatic carbocycles. The van der Waals surface area contributed by atoms with Gasteiger partial charge in [0.1, 0.15) is 24.0 Å². The SMILES string of the molecule is CCSc1cccc(OCCOC(C)C)c1C#N. The predicted molar refractivity (Wildman–Crippen MR) is 74.1 cm³/mol. The highest BCUT2D eigenvalue weighted by Crippen LogP contribution is 2.29. The molecular weight excluding hydrogens is 246 g/mol. The van der Waals surface area contributed by atoms with Crippen molar-refractivity contribution in [1.82, 2.24) is 0 Å². The molecule has 0 fully saturated rings. The number of hydrogen-bond acceptors (Lipinski definition) is 4. The second-order valence-corrected chi connectivity index (χ2v) is 5.25. The summed E-state index contributed by atoms with van der Waals surface area (Å²) < 4.78 is 11.0. The minimum Gasteiger partial charge on any atom is -0.490 e. The Balaban J connectivity index is 2.65. The van der Waals surface area contributed by atoms with Crippen molar-refractivity contribution in [1.29, 1.82) is 5.26 Å². The van der Waals surface area contributed by atoms with Crippen molar-refractivity contribution in [3.8, 4) is 11.8 Å². The molecule has 18 heavy (non-hydrogen) atoms. The van der Waals surface area contributed by atoms with E-state index in [1.807, 2.05) is 32.0 Å². The molecule has 3 nitrogen and oxygen atoms in total. The smallest absolute Gasteiger partial charge is 0.138 e. The number of hydrogen-bond donors (Lipinski definition) is 0. The van der Waals surface area contributed by atoms with Crippen LogP contribution in [0.1, 0.15) is 26.3 Å². The molecule has 1 aromatic carbocycles. The van der Waals surface area contributed by atoms with Gasteiger partial charge >= 0.3 is 0 Å². The van der Waals surface area contributed by atoms with Crippen LogP contribution >= 0.6 is 11.8 Å². The van der Waals surface area contributed by atoms with Gasteiger partial charge in [0.25, 0.3) is 0 Å². The van der Waals surface area contributed by atoms with Gasteiger partial charge in [-0.15, -0.1) is 11.8 Å². The maximum absolute atomic E-state index is 9.20. The van der Waals surface area contributed by atoms with Gasteiger partial charge in [0.2, 0.25) is 0 Å². The largest absolute Gasteiger partial charge is 0.490 e. The fourth-order valence-electron chi connectivity index (χ4n) is 1.45. The summed E-state index contributed by atoms with van der Waals surface area (Å²) in [7, 11) is 0. The first-order valence-corrected chi connectivity index (χ1v) is 7.08. The molecule has 0 aromatic heterocycles. The Bertz CT molecular complexity index is 413. The molecule has 1 aromatic rings. The molecule has 1 rings (SSSR count). The summed E-state index contributed by atoms with van der Waals surface area (Å²) in [5.41, 5.74) is 0.619. The summed E-state index contributed by atoms with van der Waals surface area (Å²) in [6.07, 6.45) is 0.200.